The molecule has 0 heterocycles. The van der Waals surface area contributed by atoms with Crippen molar-refractivity contribution in [2.24, 2.45) is 5.92 Å². The van der Waals surface area contributed by atoms with Gasteiger partial charge in [0.2, 0.25) is 0 Å². The molecule has 0 aromatic rings. The zero-order chi connectivity index (χ0) is 13.4. The van der Waals surface area contributed by atoms with E-state index in [9.17, 15) is 14.4 Å². The second-order valence-corrected chi connectivity index (χ2v) is 4.07. The van der Waals surface area contributed by atoms with Crippen LogP contribution in [0.15, 0.2) is 0 Å². The fraction of sp³-hybridized carbons (Fsp3) is 0.700. The number of hydrogen-bond acceptors (Lipinski definition) is 3. The van der Waals surface area contributed by atoms with E-state index in [0.717, 1.165) is 6.42 Å². The Morgan fingerprint density at radius 1 is 1.18 bits per heavy atom. The third-order valence-corrected chi connectivity index (χ3v) is 1.99. The van der Waals surface area contributed by atoms with Crippen molar-refractivity contribution in [3.63, 3.8) is 0 Å². The molecule has 4 N–H and O–H groups in total. The lowest BCUT2D eigenvalue weighted by molar-refractivity contribution is -0.145. The third-order valence-electron chi connectivity index (χ3n) is 1.99. The predicted molar refractivity (Wildman–Crippen MR) is 59.7 cm³/mol. The summed E-state index contributed by atoms with van der Waals surface area (Å²) in [6.07, 6.45) is 0.122. The Morgan fingerprint density at radius 3 is 2.18 bits per heavy atom. The fourth-order valence-corrected chi connectivity index (χ4v) is 1.06. The molecule has 7 heteroatoms. The zero-order valence-corrected chi connectivity index (χ0v) is 9.90. The van der Waals surface area contributed by atoms with Crippen molar-refractivity contribution < 1.29 is 24.6 Å². The van der Waals surface area contributed by atoms with Crippen molar-refractivity contribution in [2.75, 3.05) is 6.54 Å². The van der Waals surface area contributed by atoms with E-state index in [2.05, 4.69) is 10.6 Å². The molecule has 0 saturated carbocycles. The van der Waals surface area contributed by atoms with Crippen molar-refractivity contribution in [2.45, 2.75) is 32.7 Å². The smallest absolute Gasteiger partial charge is 0.326 e. The van der Waals surface area contributed by atoms with Gasteiger partial charge in [-0.15, -0.1) is 0 Å². The summed E-state index contributed by atoms with van der Waals surface area (Å²) < 4.78 is 0. The molecule has 0 aliphatic heterocycles. The minimum Gasteiger partial charge on any atom is -0.481 e. The molecule has 0 fully saturated rings. The van der Waals surface area contributed by atoms with E-state index in [1.165, 1.54) is 0 Å². The van der Waals surface area contributed by atoms with Crippen LogP contribution in [0.3, 0.4) is 0 Å². The van der Waals surface area contributed by atoms with Crippen molar-refractivity contribution in [3.05, 3.63) is 0 Å². The van der Waals surface area contributed by atoms with Crippen LogP contribution >= 0.6 is 0 Å². The van der Waals surface area contributed by atoms with Crippen LogP contribution in [0, 0.1) is 5.92 Å². The van der Waals surface area contributed by atoms with Gasteiger partial charge in [-0.05, 0) is 12.3 Å². The number of nitrogens with one attached hydrogen (secondary N) is 2. The minimum atomic E-state index is -1.41. The molecular formula is C10H18N2O5. The van der Waals surface area contributed by atoms with Crippen LogP contribution in [0.1, 0.15) is 26.7 Å². The average molecular weight is 246 g/mol. The molecule has 0 radical (unpaired) electrons. The number of carbonyl (C=O) groups is 3. The maximum absolute atomic E-state index is 11.2. The van der Waals surface area contributed by atoms with Gasteiger partial charge in [0.05, 0.1) is 6.42 Å². The van der Waals surface area contributed by atoms with Gasteiger partial charge in [-0.25, -0.2) is 9.59 Å². The first kappa shape index (κ1) is 15.2. The molecule has 7 nitrogen and oxygen atoms in total. The van der Waals surface area contributed by atoms with E-state index in [-0.39, 0.29) is 0 Å². The Bertz CT molecular complexity index is 290. The highest BCUT2D eigenvalue weighted by atomic mass is 16.4. The number of hydrogen-bond donors (Lipinski definition) is 4. The Balaban J connectivity index is 4.04. The van der Waals surface area contributed by atoms with E-state index >= 15 is 0 Å². The Kier molecular flexibility index (Phi) is 6.69. The van der Waals surface area contributed by atoms with Crippen LogP contribution in [0.5, 0.6) is 0 Å². The van der Waals surface area contributed by atoms with Crippen LogP contribution < -0.4 is 10.6 Å². The summed E-state index contributed by atoms with van der Waals surface area (Å²) in [5.41, 5.74) is 0. The largest absolute Gasteiger partial charge is 0.481 e. The molecule has 0 saturated heterocycles. The molecule has 0 aliphatic rings. The number of carboxylic acid groups (broad SMARTS) is 2. The highest BCUT2D eigenvalue weighted by Gasteiger charge is 2.22. The van der Waals surface area contributed by atoms with E-state index in [1.54, 1.807) is 0 Å². The molecule has 98 valence electrons. The summed E-state index contributed by atoms with van der Waals surface area (Å²) in [5.74, 6) is -2.23. The molecule has 0 aromatic carbocycles. The molecule has 0 unspecified atom stereocenters. The molecule has 1 atom stereocenters. The first-order chi connectivity index (χ1) is 7.82. The van der Waals surface area contributed by atoms with E-state index in [4.69, 9.17) is 10.2 Å². The van der Waals surface area contributed by atoms with Gasteiger partial charge < -0.3 is 20.8 Å². The van der Waals surface area contributed by atoms with Crippen molar-refractivity contribution >= 4 is 18.0 Å². The van der Waals surface area contributed by atoms with Crippen LogP contribution in [-0.4, -0.2) is 40.8 Å². The van der Waals surface area contributed by atoms with Crippen LogP contribution in [0.2, 0.25) is 0 Å². The monoisotopic (exact) mass is 246 g/mol. The highest BCUT2D eigenvalue weighted by molar-refractivity contribution is 5.86. The molecule has 0 aliphatic carbocycles. The minimum absolute atomic E-state index is 0.420. The molecule has 0 rings (SSSR count). The molecule has 2 amide bonds. The highest BCUT2D eigenvalue weighted by Crippen LogP contribution is 1.96. The van der Waals surface area contributed by atoms with Gasteiger partial charge in [0.1, 0.15) is 6.04 Å². The van der Waals surface area contributed by atoms with Crippen molar-refractivity contribution in [1.29, 1.82) is 0 Å². The summed E-state index contributed by atoms with van der Waals surface area (Å²) in [6.45, 7) is 4.40. The molecule has 0 spiro atoms. The molecule has 0 aromatic heterocycles. The van der Waals surface area contributed by atoms with E-state index in [0.29, 0.717) is 12.5 Å². The Labute approximate surface area is 99.2 Å². The number of amides is 2. The second kappa shape index (κ2) is 7.48. The molecule has 0 bridgehead atoms. The van der Waals surface area contributed by atoms with Gasteiger partial charge in [-0.3, -0.25) is 4.79 Å². The lowest BCUT2D eigenvalue weighted by atomic mass is 10.1. The zero-order valence-electron chi connectivity index (χ0n) is 9.90. The summed E-state index contributed by atoms with van der Waals surface area (Å²) in [7, 11) is 0. The number of carboxylic acids is 2. The van der Waals surface area contributed by atoms with Gasteiger partial charge in [0.15, 0.2) is 0 Å². The van der Waals surface area contributed by atoms with Gasteiger partial charge in [0.25, 0.3) is 0 Å². The molecule has 17 heavy (non-hydrogen) atoms. The van der Waals surface area contributed by atoms with Crippen LogP contribution in [-0.2, 0) is 9.59 Å². The van der Waals surface area contributed by atoms with Gasteiger partial charge >= 0.3 is 18.0 Å². The summed E-state index contributed by atoms with van der Waals surface area (Å²) >= 11 is 0. The van der Waals surface area contributed by atoms with Gasteiger partial charge in [0, 0.05) is 6.54 Å². The van der Waals surface area contributed by atoms with Crippen LogP contribution in [0.4, 0.5) is 4.79 Å². The van der Waals surface area contributed by atoms with Gasteiger partial charge in [-0.2, -0.15) is 0 Å². The summed E-state index contributed by atoms with van der Waals surface area (Å²) in [6, 6.07) is -2.08. The average Bonchev–Trinajstić information content (AvgIpc) is 2.15. The number of urea groups is 1. The number of aliphatic carboxylic acids is 2. The summed E-state index contributed by atoms with van der Waals surface area (Å²) in [4.78, 5) is 32.3. The standard InChI is InChI=1S/C10H18N2O5/c1-6(2)3-4-11-10(17)12-7(9(15)16)5-8(13)14/h6-7H,3-5H2,1-2H3,(H,13,14)(H,15,16)(H2,11,12,17)/t7-/m1/s1. The first-order valence-corrected chi connectivity index (χ1v) is 5.32. The summed E-state index contributed by atoms with van der Waals surface area (Å²) in [5, 5.41) is 21.7. The lowest BCUT2D eigenvalue weighted by Gasteiger charge is -2.13. The van der Waals surface area contributed by atoms with Crippen LogP contribution in [0.25, 0.3) is 0 Å². The van der Waals surface area contributed by atoms with E-state index < -0.39 is 30.4 Å². The number of rotatable bonds is 7. The predicted octanol–water partition coefficient (Wildman–Crippen LogP) is 0.260. The normalized spacial score (nSPS) is 11.9. The van der Waals surface area contributed by atoms with Crippen molar-refractivity contribution in [3.8, 4) is 0 Å². The SMILES string of the molecule is CC(C)CCNC(=O)N[C@H](CC(=O)O)C(=O)O. The van der Waals surface area contributed by atoms with E-state index in [1.807, 2.05) is 13.8 Å². The maximum atomic E-state index is 11.2. The third kappa shape index (κ3) is 8.06. The first-order valence-electron chi connectivity index (χ1n) is 5.32. The quantitative estimate of drug-likeness (QED) is 0.514. The second-order valence-electron chi connectivity index (χ2n) is 4.07. The fourth-order valence-electron chi connectivity index (χ4n) is 1.06. The van der Waals surface area contributed by atoms with Crippen molar-refractivity contribution in [1.82, 2.24) is 10.6 Å². The Hall–Kier alpha value is -1.79. The lowest BCUT2D eigenvalue weighted by Crippen LogP contribution is -2.47. The van der Waals surface area contributed by atoms with Gasteiger partial charge in [-0.1, -0.05) is 13.8 Å². The Morgan fingerprint density at radius 2 is 1.76 bits per heavy atom. The number of carbonyl (C=O) groups excluding carboxylic acids is 1. The molecular weight excluding hydrogens is 228 g/mol. The topological polar surface area (TPSA) is 116 Å². The maximum Gasteiger partial charge on any atom is 0.326 e.